The van der Waals surface area contributed by atoms with Crippen molar-refractivity contribution in [3.05, 3.63) is 0 Å². The summed E-state index contributed by atoms with van der Waals surface area (Å²) in [4.78, 5) is 36.4. The number of aliphatic carboxylic acids is 1. The number of urea groups is 1. The van der Waals surface area contributed by atoms with Crippen molar-refractivity contribution in [3.63, 3.8) is 0 Å². The van der Waals surface area contributed by atoms with Gasteiger partial charge in [0.25, 0.3) is 0 Å². The second kappa shape index (κ2) is 7.23. The summed E-state index contributed by atoms with van der Waals surface area (Å²) in [6.45, 7) is 6.22. The van der Waals surface area contributed by atoms with E-state index in [-0.39, 0.29) is 5.92 Å². The SMILES string of the molecule is CCNC(=O)NC(=O)C(C)N1CCCC(C)C1C(=O)O. The Balaban J connectivity index is 2.72. The van der Waals surface area contributed by atoms with Gasteiger partial charge in [-0.2, -0.15) is 0 Å². The largest absolute Gasteiger partial charge is 0.480 e. The predicted molar refractivity (Wildman–Crippen MR) is 73.2 cm³/mol. The van der Waals surface area contributed by atoms with Crippen LogP contribution < -0.4 is 10.6 Å². The molecule has 114 valence electrons. The van der Waals surface area contributed by atoms with Gasteiger partial charge in [0.05, 0.1) is 6.04 Å². The number of rotatable bonds is 4. The molecule has 1 heterocycles. The molecule has 20 heavy (non-hydrogen) atoms. The van der Waals surface area contributed by atoms with Gasteiger partial charge >= 0.3 is 12.0 Å². The van der Waals surface area contributed by atoms with E-state index in [2.05, 4.69) is 10.6 Å². The van der Waals surface area contributed by atoms with Crippen LogP contribution in [0.2, 0.25) is 0 Å². The van der Waals surface area contributed by atoms with Gasteiger partial charge in [-0.3, -0.25) is 19.8 Å². The van der Waals surface area contributed by atoms with E-state index < -0.39 is 30.0 Å². The molecule has 0 aromatic heterocycles. The maximum absolute atomic E-state index is 12.0. The van der Waals surface area contributed by atoms with E-state index in [1.807, 2.05) is 6.92 Å². The Labute approximate surface area is 118 Å². The van der Waals surface area contributed by atoms with Crippen LogP contribution in [0.15, 0.2) is 0 Å². The average molecular weight is 285 g/mol. The molecular formula is C13H23N3O4. The number of carbonyl (C=O) groups excluding carboxylic acids is 2. The van der Waals surface area contributed by atoms with Gasteiger partial charge in [0.2, 0.25) is 5.91 Å². The second-order valence-corrected chi connectivity index (χ2v) is 5.17. The number of hydrogen-bond donors (Lipinski definition) is 3. The van der Waals surface area contributed by atoms with Crippen molar-refractivity contribution in [2.45, 2.75) is 45.7 Å². The van der Waals surface area contributed by atoms with Gasteiger partial charge in [-0.1, -0.05) is 6.92 Å². The zero-order valence-electron chi connectivity index (χ0n) is 12.2. The summed E-state index contributed by atoms with van der Waals surface area (Å²) in [5.41, 5.74) is 0. The maximum atomic E-state index is 12.0. The molecule has 0 saturated carbocycles. The minimum atomic E-state index is -0.921. The van der Waals surface area contributed by atoms with Crippen LogP contribution in [0.3, 0.4) is 0 Å². The van der Waals surface area contributed by atoms with Crippen LogP contribution in [0.1, 0.15) is 33.6 Å². The summed E-state index contributed by atoms with van der Waals surface area (Å²) < 4.78 is 0. The van der Waals surface area contributed by atoms with Gasteiger partial charge in [0.1, 0.15) is 6.04 Å². The molecule has 0 aliphatic carbocycles. The molecule has 0 aromatic rings. The molecule has 7 nitrogen and oxygen atoms in total. The highest BCUT2D eigenvalue weighted by Crippen LogP contribution is 2.25. The topological polar surface area (TPSA) is 98.7 Å². The van der Waals surface area contributed by atoms with Gasteiger partial charge in [-0.15, -0.1) is 0 Å². The molecular weight excluding hydrogens is 262 g/mol. The molecule has 3 atom stereocenters. The lowest BCUT2D eigenvalue weighted by Gasteiger charge is -2.40. The van der Waals surface area contributed by atoms with Gasteiger partial charge in [-0.25, -0.2) is 4.79 Å². The highest BCUT2D eigenvalue weighted by molar-refractivity contribution is 5.97. The zero-order valence-corrected chi connectivity index (χ0v) is 12.2. The molecule has 3 amide bonds. The Hall–Kier alpha value is -1.63. The number of carbonyl (C=O) groups is 3. The smallest absolute Gasteiger partial charge is 0.321 e. The standard InChI is InChI=1S/C13H23N3O4/c1-4-14-13(20)15-11(17)9(3)16-7-5-6-8(2)10(16)12(18)19/h8-10H,4-7H2,1-3H3,(H,18,19)(H2,14,15,17,20). The molecule has 0 radical (unpaired) electrons. The molecule has 1 fully saturated rings. The van der Waals surface area contributed by atoms with Crippen LogP contribution in [0.25, 0.3) is 0 Å². The van der Waals surface area contributed by atoms with Gasteiger partial charge < -0.3 is 10.4 Å². The zero-order chi connectivity index (χ0) is 15.3. The van der Waals surface area contributed by atoms with E-state index in [9.17, 15) is 19.5 Å². The first kappa shape index (κ1) is 16.4. The van der Waals surface area contributed by atoms with Crippen molar-refractivity contribution in [3.8, 4) is 0 Å². The number of likely N-dealkylation sites (tertiary alicyclic amines) is 1. The summed E-state index contributed by atoms with van der Waals surface area (Å²) >= 11 is 0. The average Bonchev–Trinajstić information content (AvgIpc) is 2.37. The first-order valence-electron chi connectivity index (χ1n) is 6.95. The Morgan fingerprint density at radius 1 is 1.40 bits per heavy atom. The molecule has 1 rings (SSSR count). The maximum Gasteiger partial charge on any atom is 0.321 e. The minimum absolute atomic E-state index is 0.0130. The third kappa shape index (κ3) is 3.93. The van der Waals surface area contributed by atoms with Gasteiger partial charge in [-0.05, 0) is 39.2 Å². The second-order valence-electron chi connectivity index (χ2n) is 5.17. The quantitative estimate of drug-likeness (QED) is 0.694. The third-order valence-corrected chi connectivity index (χ3v) is 3.68. The number of carboxylic acids is 1. The first-order valence-corrected chi connectivity index (χ1v) is 6.95. The Morgan fingerprint density at radius 3 is 2.60 bits per heavy atom. The van der Waals surface area contributed by atoms with Crippen molar-refractivity contribution in [2.75, 3.05) is 13.1 Å². The number of nitrogens with one attached hydrogen (secondary N) is 2. The Kier molecular flexibility index (Phi) is 5.94. The number of imide groups is 1. The summed E-state index contributed by atoms with van der Waals surface area (Å²) in [5, 5.41) is 14.0. The van der Waals surface area contributed by atoms with Crippen LogP contribution in [-0.4, -0.2) is 53.1 Å². The molecule has 7 heteroatoms. The molecule has 1 aliphatic rings. The van der Waals surface area contributed by atoms with E-state index in [1.54, 1.807) is 18.7 Å². The van der Waals surface area contributed by atoms with Crippen LogP contribution in [0.4, 0.5) is 4.79 Å². The highest BCUT2D eigenvalue weighted by atomic mass is 16.4. The monoisotopic (exact) mass is 285 g/mol. The lowest BCUT2D eigenvalue weighted by atomic mass is 9.89. The Morgan fingerprint density at radius 2 is 2.05 bits per heavy atom. The van der Waals surface area contributed by atoms with E-state index in [4.69, 9.17) is 0 Å². The van der Waals surface area contributed by atoms with Gasteiger partial charge in [0, 0.05) is 6.54 Å². The molecule has 3 N–H and O–H groups in total. The summed E-state index contributed by atoms with van der Waals surface area (Å²) in [6.07, 6.45) is 1.68. The van der Waals surface area contributed by atoms with Gasteiger partial charge in [0.15, 0.2) is 0 Å². The minimum Gasteiger partial charge on any atom is -0.480 e. The normalized spacial score (nSPS) is 24.8. The fourth-order valence-corrected chi connectivity index (χ4v) is 2.61. The molecule has 3 unspecified atom stereocenters. The summed E-state index contributed by atoms with van der Waals surface area (Å²) in [6, 6.07) is -1.89. The van der Waals surface area contributed by atoms with Crippen molar-refractivity contribution in [1.82, 2.24) is 15.5 Å². The van der Waals surface area contributed by atoms with E-state index >= 15 is 0 Å². The van der Waals surface area contributed by atoms with Crippen molar-refractivity contribution in [2.24, 2.45) is 5.92 Å². The third-order valence-electron chi connectivity index (χ3n) is 3.68. The molecule has 1 saturated heterocycles. The summed E-state index contributed by atoms with van der Waals surface area (Å²) in [5.74, 6) is -1.41. The molecule has 0 aromatic carbocycles. The Bertz CT molecular complexity index is 386. The van der Waals surface area contributed by atoms with E-state index in [0.29, 0.717) is 13.1 Å². The summed E-state index contributed by atoms with van der Waals surface area (Å²) in [7, 11) is 0. The first-order chi connectivity index (χ1) is 9.38. The van der Waals surface area contributed by atoms with Crippen LogP contribution >= 0.6 is 0 Å². The fraction of sp³-hybridized carbons (Fsp3) is 0.769. The van der Waals surface area contributed by atoms with Crippen molar-refractivity contribution >= 4 is 17.9 Å². The van der Waals surface area contributed by atoms with E-state index in [1.165, 1.54) is 0 Å². The van der Waals surface area contributed by atoms with Crippen molar-refractivity contribution < 1.29 is 19.5 Å². The molecule has 0 spiro atoms. The van der Waals surface area contributed by atoms with Crippen LogP contribution in [0, 0.1) is 5.92 Å². The number of hydrogen-bond acceptors (Lipinski definition) is 4. The van der Waals surface area contributed by atoms with Crippen LogP contribution in [-0.2, 0) is 9.59 Å². The fourth-order valence-electron chi connectivity index (χ4n) is 2.61. The van der Waals surface area contributed by atoms with Crippen LogP contribution in [0.5, 0.6) is 0 Å². The number of amides is 3. The van der Waals surface area contributed by atoms with Crippen molar-refractivity contribution in [1.29, 1.82) is 0 Å². The predicted octanol–water partition coefficient (Wildman–Crippen LogP) is 0.406. The van der Waals surface area contributed by atoms with E-state index in [0.717, 1.165) is 12.8 Å². The molecule has 1 aliphatic heterocycles. The lowest BCUT2D eigenvalue weighted by molar-refractivity contribution is -0.149. The highest BCUT2D eigenvalue weighted by Gasteiger charge is 2.38. The number of carboxylic acid groups (broad SMARTS) is 1. The molecule has 0 bridgehead atoms. The lowest BCUT2D eigenvalue weighted by Crippen LogP contribution is -2.58. The number of piperidine rings is 1. The number of nitrogens with zero attached hydrogens (tertiary/aromatic N) is 1.